The lowest BCUT2D eigenvalue weighted by Gasteiger charge is -2.12. The fraction of sp³-hybridized carbons (Fsp3) is 0.0833. The molecule has 0 atom stereocenters. The number of halogens is 5. The summed E-state index contributed by atoms with van der Waals surface area (Å²) in [7, 11) is 1.52. The van der Waals surface area contributed by atoms with Crippen molar-refractivity contribution < 1.29 is 22.7 Å². The first kappa shape index (κ1) is 25.2. The summed E-state index contributed by atoms with van der Waals surface area (Å²) in [6.07, 6.45) is -4.49. The SMILES string of the molecule is CNC(=O)c1ccc(Nc2nc(Oc3c(Cl)cccc3Cl)nc(-c3ccc(C(F)(F)F)cc3)n2)cc1. The summed E-state index contributed by atoms with van der Waals surface area (Å²) in [5.74, 6) is -0.0722. The van der Waals surface area contributed by atoms with Gasteiger partial charge in [0.15, 0.2) is 11.6 Å². The van der Waals surface area contributed by atoms with E-state index in [-0.39, 0.29) is 39.5 Å². The van der Waals surface area contributed by atoms with E-state index >= 15 is 0 Å². The van der Waals surface area contributed by atoms with E-state index in [0.29, 0.717) is 16.8 Å². The Morgan fingerprint density at radius 3 is 2.11 bits per heavy atom. The molecule has 0 unspecified atom stereocenters. The monoisotopic (exact) mass is 533 g/mol. The van der Waals surface area contributed by atoms with Gasteiger partial charge in [-0.2, -0.15) is 28.1 Å². The molecule has 12 heteroatoms. The van der Waals surface area contributed by atoms with E-state index < -0.39 is 11.7 Å². The third kappa shape index (κ3) is 5.84. The number of para-hydroxylation sites is 1. The number of aromatic nitrogens is 3. The molecule has 0 aliphatic heterocycles. The number of hydrogen-bond acceptors (Lipinski definition) is 6. The molecule has 1 aromatic heterocycles. The van der Waals surface area contributed by atoms with Crippen LogP contribution in [0.15, 0.2) is 66.7 Å². The van der Waals surface area contributed by atoms with Crippen molar-refractivity contribution in [3.05, 3.63) is 87.9 Å². The van der Waals surface area contributed by atoms with Crippen molar-refractivity contribution in [3.63, 3.8) is 0 Å². The van der Waals surface area contributed by atoms with E-state index in [1.165, 1.54) is 19.2 Å². The molecule has 0 spiro atoms. The van der Waals surface area contributed by atoms with Crippen LogP contribution in [-0.2, 0) is 6.18 Å². The summed E-state index contributed by atoms with van der Waals surface area (Å²) in [6.45, 7) is 0. The Bertz CT molecular complexity index is 1380. The summed E-state index contributed by atoms with van der Waals surface area (Å²) in [6, 6.07) is 15.4. The average molecular weight is 534 g/mol. The molecule has 0 radical (unpaired) electrons. The second kappa shape index (κ2) is 10.4. The van der Waals surface area contributed by atoms with Gasteiger partial charge in [-0.3, -0.25) is 4.79 Å². The van der Waals surface area contributed by atoms with Crippen LogP contribution < -0.4 is 15.4 Å². The van der Waals surface area contributed by atoms with Gasteiger partial charge in [-0.05, 0) is 48.5 Å². The summed E-state index contributed by atoms with van der Waals surface area (Å²) < 4.78 is 44.7. The van der Waals surface area contributed by atoms with Crippen LogP contribution >= 0.6 is 23.2 Å². The Morgan fingerprint density at radius 1 is 0.889 bits per heavy atom. The van der Waals surface area contributed by atoms with Crippen molar-refractivity contribution in [3.8, 4) is 23.1 Å². The van der Waals surface area contributed by atoms with Crippen LogP contribution in [0.5, 0.6) is 11.8 Å². The number of rotatable bonds is 6. The number of anilines is 2. The number of nitrogens with zero attached hydrogens (tertiary/aromatic N) is 3. The highest BCUT2D eigenvalue weighted by Gasteiger charge is 2.30. The van der Waals surface area contributed by atoms with Crippen molar-refractivity contribution in [2.24, 2.45) is 0 Å². The lowest BCUT2D eigenvalue weighted by Crippen LogP contribution is -2.17. The zero-order chi connectivity index (χ0) is 25.9. The fourth-order valence-electron chi connectivity index (χ4n) is 3.05. The van der Waals surface area contributed by atoms with Crippen LogP contribution in [0.25, 0.3) is 11.4 Å². The molecule has 0 aliphatic carbocycles. The van der Waals surface area contributed by atoms with Crippen molar-refractivity contribution in [2.45, 2.75) is 6.18 Å². The Kier molecular flexibility index (Phi) is 7.27. The molecule has 1 amide bonds. The first-order chi connectivity index (χ1) is 17.1. The predicted octanol–water partition coefficient (Wildman–Crippen LogP) is 6.76. The number of nitrogens with one attached hydrogen (secondary N) is 2. The van der Waals surface area contributed by atoms with Crippen LogP contribution in [0.4, 0.5) is 24.8 Å². The molecule has 1 heterocycles. The van der Waals surface area contributed by atoms with Gasteiger partial charge in [-0.25, -0.2) is 0 Å². The molecular weight excluding hydrogens is 518 g/mol. The van der Waals surface area contributed by atoms with Crippen molar-refractivity contribution in [2.75, 3.05) is 12.4 Å². The van der Waals surface area contributed by atoms with Crippen LogP contribution in [0, 0.1) is 0 Å². The van der Waals surface area contributed by atoms with Gasteiger partial charge in [0, 0.05) is 23.9 Å². The molecule has 0 saturated heterocycles. The predicted molar refractivity (Wildman–Crippen MR) is 130 cm³/mol. The molecule has 0 fully saturated rings. The number of carbonyl (C=O) groups is 1. The molecule has 36 heavy (non-hydrogen) atoms. The molecule has 0 aliphatic rings. The highest BCUT2D eigenvalue weighted by molar-refractivity contribution is 6.37. The number of hydrogen-bond donors (Lipinski definition) is 2. The van der Waals surface area contributed by atoms with E-state index in [1.807, 2.05) is 0 Å². The molecule has 7 nitrogen and oxygen atoms in total. The van der Waals surface area contributed by atoms with Gasteiger partial charge in [-0.15, -0.1) is 0 Å². The summed E-state index contributed by atoms with van der Waals surface area (Å²) in [5.41, 5.74) is 0.461. The van der Waals surface area contributed by atoms with Gasteiger partial charge in [0.1, 0.15) is 0 Å². The Balaban J connectivity index is 1.72. The van der Waals surface area contributed by atoms with Crippen LogP contribution in [0.1, 0.15) is 15.9 Å². The molecule has 2 N–H and O–H groups in total. The van der Waals surface area contributed by atoms with E-state index in [2.05, 4.69) is 25.6 Å². The number of alkyl halides is 3. The minimum absolute atomic E-state index is 0.0331. The van der Waals surface area contributed by atoms with Gasteiger partial charge in [0.25, 0.3) is 5.91 Å². The van der Waals surface area contributed by atoms with Gasteiger partial charge in [0.2, 0.25) is 5.95 Å². The first-order valence-electron chi connectivity index (χ1n) is 10.3. The van der Waals surface area contributed by atoms with E-state index in [9.17, 15) is 18.0 Å². The third-order valence-corrected chi connectivity index (χ3v) is 5.42. The van der Waals surface area contributed by atoms with E-state index in [0.717, 1.165) is 12.1 Å². The second-order valence-corrected chi connectivity index (χ2v) is 8.09. The van der Waals surface area contributed by atoms with Crippen LogP contribution in [0.2, 0.25) is 10.0 Å². The van der Waals surface area contributed by atoms with Gasteiger partial charge < -0.3 is 15.4 Å². The standard InChI is InChI=1S/C24H16Cl2F3N5O2/c1-30-21(35)14-7-11-16(12-8-14)31-22-32-20(13-5-9-15(10-6-13)24(27,28)29)33-23(34-22)36-19-17(25)3-2-4-18(19)26/h2-12H,1H3,(H,30,35)(H,31,32,33,34). The second-order valence-electron chi connectivity index (χ2n) is 7.27. The fourth-order valence-corrected chi connectivity index (χ4v) is 3.52. The highest BCUT2D eigenvalue weighted by Crippen LogP contribution is 2.36. The highest BCUT2D eigenvalue weighted by atomic mass is 35.5. The lowest BCUT2D eigenvalue weighted by atomic mass is 10.1. The lowest BCUT2D eigenvalue weighted by molar-refractivity contribution is -0.137. The average Bonchev–Trinajstić information content (AvgIpc) is 2.86. The summed E-state index contributed by atoms with van der Waals surface area (Å²) in [4.78, 5) is 24.5. The van der Waals surface area contributed by atoms with Gasteiger partial charge >= 0.3 is 12.2 Å². The molecule has 3 aromatic carbocycles. The van der Waals surface area contributed by atoms with Crippen molar-refractivity contribution >= 4 is 40.7 Å². The van der Waals surface area contributed by atoms with E-state index in [4.69, 9.17) is 27.9 Å². The maximum Gasteiger partial charge on any atom is 0.416 e. The van der Waals surface area contributed by atoms with E-state index in [1.54, 1.807) is 42.5 Å². The maximum atomic E-state index is 13.0. The van der Waals surface area contributed by atoms with Crippen molar-refractivity contribution in [1.29, 1.82) is 0 Å². The molecule has 4 rings (SSSR count). The van der Waals surface area contributed by atoms with Gasteiger partial charge in [-0.1, -0.05) is 41.4 Å². The van der Waals surface area contributed by atoms with Crippen molar-refractivity contribution in [1.82, 2.24) is 20.3 Å². The molecule has 0 bridgehead atoms. The number of carbonyl (C=O) groups excluding carboxylic acids is 1. The largest absolute Gasteiger partial charge is 0.421 e. The first-order valence-corrected chi connectivity index (χ1v) is 11.0. The smallest absolute Gasteiger partial charge is 0.416 e. The summed E-state index contributed by atoms with van der Waals surface area (Å²) >= 11 is 12.4. The maximum absolute atomic E-state index is 13.0. The van der Waals surface area contributed by atoms with Crippen LogP contribution in [-0.4, -0.2) is 27.9 Å². The molecule has 4 aromatic rings. The minimum Gasteiger partial charge on any atom is -0.421 e. The number of amides is 1. The molecular formula is C24H16Cl2F3N5O2. The number of ether oxygens (including phenoxy) is 1. The normalized spacial score (nSPS) is 11.2. The molecule has 184 valence electrons. The number of benzene rings is 3. The Morgan fingerprint density at radius 2 is 1.53 bits per heavy atom. The quantitative estimate of drug-likeness (QED) is 0.284. The Labute approximate surface area is 213 Å². The topological polar surface area (TPSA) is 89.0 Å². The van der Waals surface area contributed by atoms with Crippen LogP contribution in [0.3, 0.4) is 0 Å². The zero-order valence-corrected chi connectivity index (χ0v) is 19.9. The molecule has 0 saturated carbocycles. The third-order valence-electron chi connectivity index (χ3n) is 4.83. The Hall–Kier alpha value is -3.89. The summed E-state index contributed by atoms with van der Waals surface area (Å²) in [5, 5.41) is 5.91. The van der Waals surface area contributed by atoms with Gasteiger partial charge in [0.05, 0.1) is 15.6 Å². The zero-order valence-electron chi connectivity index (χ0n) is 18.4. The minimum atomic E-state index is -4.49.